The number of esters is 2. The van der Waals surface area contributed by atoms with Crippen molar-refractivity contribution in [2.45, 2.75) is 26.7 Å². The molecule has 0 fully saturated rings. The van der Waals surface area contributed by atoms with Gasteiger partial charge in [-0.2, -0.15) is 0 Å². The molecule has 0 saturated heterocycles. The summed E-state index contributed by atoms with van der Waals surface area (Å²) in [5.74, 6) is -2.11. The lowest BCUT2D eigenvalue weighted by Gasteiger charge is -2.05. The van der Waals surface area contributed by atoms with E-state index in [2.05, 4.69) is 0 Å². The van der Waals surface area contributed by atoms with Crippen molar-refractivity contribution in [3.05, 3.63) is 35.4 Å². The number of rotatable bonds is 8. The molecule has 0 aromatic heterocycles. The highest BCUT2D eigenvalue weighted by Gasteiger charge is 2.16. The fourth-order valence-electron chi connectivity index (χ4n) is 1.76. The summed E-state index contributed by atoms with van der Waals surface area (Å²) in [4.78, 5) is 46.4. The third kappa shape index (κ3) is 5.47. The standard InChI is InChI=1S/C16H18O6/c1-3-21-15(19)9-13(17)11-6-5-7-12(8-11)14(18)10-16(20)22-4-2/h5-8H,3-4,9-10H2,1-2H3. The Morgan fingerprint density at radius 2 is 1.23 bits per heavy atom. The number of carbonyl (C=O) groups excluding carboxylic acids is 4. The third-order valence-corrected chi connectivity index (χ3v) is 2.73. The molecule has 0 aliphatic rings. The van der Waals surface area contributed by atoms with Crippen LogP contribution in [0, 0.1) is 0 Å². The van der Waals surface area contributed by atoms with Gasteiger partial charge in [0.15, 0.2) is 11.6 Å². The first-order chi connectivity index (χ1) is 10.5. The zero-order valence-corrected chi connectivity index (χ0v) is 12.6. The van der Waals surface area contributed by atoms with Gasteiger partial charge in [-0.05, 0) is 19.9 Å². The van der Waals surface area contributed by atoms with Crippen molar-refractivity contribution in [3.63, 3.8) is 0 Å². The van der Waals surface area contributed by atoms with Gasteiger partial charge in [-0.25, -0.2) is 0 Å². The number of benzene rings is 1. The Bertz CT molecular complexity index is 529. The summed E-state index contributed by atoms with van der Waals surface area (Å²) in [6, 6.07) is 5.89. The minimum Gasteiger partial charge on any atom is -0.466 e. The van der Waals surface area contributed by atoms with Crippen molar-refractivity contribution in [3.8, 4) is 0 Å². The zero-order chi connectivity index (χ0) is 16.5. The van der Waals surface area contributed by atoms with E-state index in [4.69, 9.17) is 9.47 Å². The number of ether oxygens (including phenoxy) is 2. The molecule has 1 aromatic carbocycles. The average Bonchev–Trinajstić information content (AvgIpc) is 2.47. The molecule has 6 nitrogen and oxygen atoms in total. The topological polar surface area (TPSA) is 86.7 Å². The van der Waals surface area contributed by atoms with E-state index in [1.165, 1.54) is 24.3 Å². The van der Waals surface area contributed by atoms with Crippen LogP contribution in [-0.4, -0.2) is 36.7 Å². The summed E-state index contributed by atoms with van der Waals surface area (Å²) in [6.45, 7) is 3.70. The Hall–Kier alpha value is -2.50. The summed E-state index contributed by atoms with van der Waals surface area (Å²) in [5, 5.41) is 0. The molecular weight excluding hydrogens is 288 g/mol. The van der Waals surface area contributed by atoms with Crippen molar-refractivity contribution in [2.75, 3.05) is 13.2 Å². The first-order valence-corrected chi connectivity index (χ1v) is 6.95. The van der Waals surface area contributed by atoms with Crippen LogP contribution in [0.15, 0.2) is 24.3 Å². The fraction of sp³-hybridized carbons (Fsp3) is 0.375. The Morgan fingerprint density at radius 1 is 0.818 bits per heavy atom. The highest BCUT2D eigenvalue weighted by atomic mass is 16.5. The average molecular weight is 306 g/mol. The molecule has 0 unspecified atom stereocenters. The fourth-order valence-corrected chi connectivity index (χ4v) is 1.76. The van der Waals surface area contributed by atoms with Crippen molar-refractivity contribution in [1.82, 2.24) is 0 Å². The number of hydrogen-bond acceptors (Lipinski definition) is 6. The van der Waals surface area contributed by atoms with Crippen LogP contribution in [-0.2, 0) is 19.1 Å². The maximum Gasteiger partial charge on any atom is 0.313 e. The van der Waals surface area contributed by atoms with E-state index in [-0.39, 0.29) is 37.2 Å². The van der Waals surface area contributed by atoms with Gasteiger partial charge in [0.25, 0.3) is 0 Å². The molecule has 0 heterocycles. The first-order valence-electron chi connectivity index (χ1n) is 6.95. The Balaban J connectivity index is 2.77. The van der Waals surface area contributed by atoms with E-state index in [1.807, 2.05) is 0 Å². The van der Waals surface area contributed by atoms with E-state index in [9.17, 15) is 19.2 Å². The molecule has 0 aliphatic heterocycles. The highest BCUT2D eigenvalue weighted by Crippen LogP contribution is 2.11. The SMILES string of the molecule is CCOC(=O)CC(=O)c1cccc(C(=O)CC(=O)OCC)c1. The Morgan fingerprint density at radius 3 is 1.59 bits per heavy atom. The molecule has 22 heavy (non-hydrogen) atoms. The van der Waals surface area contributed by atoms with Crippen molar-refractivity contribution in [1.29, 1.82) is 0 Å². The molecule has 1 rings (SSSR count). The van der Waals surface area contributed by atoms with Crippen LogP contribution in [0.25, 0.3) is 0 Å². The van der Waals surface area contributed by atoms with E-state index in [0.717, 1.165) is 0 Å². The minimum atomic E-state index is -0.615. The zero-order valence-electron chi connectivity index (χ0n) is 12.6. The predicted octanol–water partition coefficient (Wildman–Crippen LogP) is 1.96. The molecule has 0 atom stereocenters. The van der Waals surface area contributed by atoms with Gasteiger partial charge in [-0.1, -0.05) is 18.2 Å². The minimum absolute atomic E-state index is 0.199. The molecule has 0 bridgehead atoms. The van der Waals surface area contributed by atoms with E-state index in [0.29, 0.717) is 0 Å². The lowest BCUT2D eigenvalue weighted by molar-refractivity contribution is -0.143. The van der Waals surface area contributed by atoms with E-state index < -0.39 is 23.5 Å². The van der Waals surface area contributed by atoms with Crippen LogP contribution in [0.5, 0.6) is 0 Å². The number of hydrogen-bond donors (Lipinski definition) is 0. The second kappa shape index (κ2) is 8.71. The summed E-state index contributed by atoms with van der Waals surface area (Å²) in [6.07, 6.45) is -0.771. The molecule has 1 aromatic rings. The second-order valence-corrected chi connectivity index (χ2v) is 4.39. The van der Waals surface area contributed by atoms with Gasteiger partial charge in [-0.15, -0.1) is 0 Å². The summed E-state index contributed by atoms with van der Waals surface area (Å²) in [7, 11) is 0. The lowest BCUT2D eigenvalue weighted by Crippen LogP contribution is -2.13. The van der Waals surface area contributed by atoms with Gasteiger partial charge >= 0.3 is 11.9 Å². The second-order valence-electron chi connectivity index (χ2n) is 4.39. The number of ketones is 2. The summed E-state index contributed by atoms with van der Waals surface area (Å²) >= 11 is 0. The van der Waals surface area contributed by atoms with Crippen molar-refractivity contribution < 1.29 is 28.7 Å². The normalized spacial score (nSPS) is 9.91. The van der Waals surface area contributed by atoms with Gasteiger partial charge in [0, 0.05) is 11.1 Å². The molecule has 0 saturated carbocycles. The highest BCUT2D eigenvalue weighted by molar-refractivity contribution is 6.09. The smallest absolute Gasteiger partial charge is 0.313 e. The largest absolute Gasteiger partial charge is 0.466 e. The van der Waals surface area contributed by atoms with Crippen LogP contribution >= 0.6 is 0 Å². The predicted molar refractivity (Wildman–Crippen MR) is 77.6 cm³/mol. The quantitative estimate of drug-likeness (QED) is 0.414. The molecule has 0 amide bonds. The van der Waals surface area contributed by atoms with Gasteiger partial charge in [0.05, 0.1) is 13.2 Å². The molecule has 0 spiro atoms. The van der Waals surface area contributed by atoms with Crippen LogP contribution in [0.1, 0.15) is 47.4 Å². The number of carbonyl (C=O) groups is 4. The van der Waals surface area contributed by atoms with E-state index in [1.54, 1.807) is 13.8 Å². The summed E-state index contributed by atoms with van der Waals surface area (Å²) < 4.78 is 9.41. The maximum absolute atomic E-state index is 11.9. The van der Waals surface area contributed by atoms with Crippen LogP contribution in [0.2, 0.25) is 0 Å². The number of Topliss-reactive ketones (excluding diaryl/α,β-unsaturated/α-hetero) is 2. The van der Waals surface area contributed by atoms with Gasteiger partial charge in [0.2, 0.25) is 0 Å². The van der Waals surface area contributed by atoms with Gasteiger partial charge < -0.3 is 9.47 Å². The lowest BCUT2D eigenvalue weighted by atomic mass is 10.0. The van der Waals surface area contributed by atoms with Gasteiger partial charge in [0.1, 0.15) is 12.8 Å². The monoisotopic (exact) mass is 306 g/mol. The molecular formula is C16H18O6. The van der Waals surface area contributed by atoms with Crippen LogP contribution in [0.4, 0.5) is 0 Å². The molecule has 0 aliphatic carbocycles. The third-order valence-electron chi connectivity index (χ3n) is 2.73. The van der Waals surface area contributed by atoms with Crippen LogP contribution in [0.3, 0.4) is 0 Å². The Kier molecular flexibility index (Phi) is 6.95. The molecule has 0 radical (unpaired) electrons. The summed E-state index contributed by atoms with van der Waals surface area (Å²) in [5.41, 5.74) is 0.450. The molecule has 6 heteroatoms. The van der Waals surface area contributed by atoms with E-state index >= 15 is 0 Å². The first kappa shape index (κ1) is 17.6. The Labute approximate surface area is 128 Å². The van der Waals surface area contributed by atoms with Gasteiger partial charge in [-0.3, -0.25) is 19.2 Å². The van der Waals surface area contributed by atoms with Crippen molar-refractivity contribution in [2.24, 2.45) is 0 Å². The molecule has 0 N–H and O–H groups in total. The maximum atomic E-state index is 11.9. The molecule has 118 valence electrons. The van der Waals surface area contributed by atoms with Crippen molar-refractivity contribution >= 4 is 23.5 Å². The van der Waals surface area contributed by atoms with Crippen LogP contribution < -0.4 is 0 Å².